The first-order valence-corrected chi connectivity index (χ1v) is 14.1. The van der Waals surface area contributed by atoms with Gasteiger partial charge in [0.1, 0.15) is 6.07 Å². The lowest BCUT2D eigenvalue weighted by atomic mass is 9.94. The molecule has 3 aromatic rings. The number of carbonyl (C=O) groups is 1. The maximum atomic E-state index is 12.2. The molecule has 1 atom stereocenters. The first-order valence-electron chi connectivity index (χ1n) is 14.1. The second-order valence-corrected chi connectivity index (χ2v) is 9.99. The lowest BCUT2D eigenvalue weighted by Gasteiger charge is -2.33. The topological polar surface area (TPSA) is 98.0 Å². The van der Waals surface area contributed by atoms with E-state index in [2.05, 4.69) is 57.2 Å². The number of rotatable bonds is 7. The van der Waals surface area contributed by atoms with Crippen molar-refractivity contribution in [2.45, 2.75) is 47.1 Å². The van der Waals surface area contributed by atoms with Gasteiger partial charge >= 0.3 is 0 Å². The van der Waals surface area contributed by atoms with Gasteiger partial charge in [-0.25, -0.2) is 9.97 Å². The normalized spacial score (nSPS) is 14.2. The number of aryl methyl sites for hydroxylation is 1. The molecule has 0 aliphatic carbocycles. The van der Waals surface area contributed by atoms with Crippen molar-refractivity contribution in [2.24, 2.45) is 0 Å². The van der Waals surface area contributed by atoms with Gasteiger partial charge in [-0.2, -0.15) is 5.26 Å². The van der Waals surface area contributed by atoms with Gasteiger partial charge in [-0.05, 0) is 62.1 Å². The standard InChI is InChI=1S/C31H35N7O.C2H6/c1-20(17-27-21(2)34-14-11-26(27)28-19-35-31(33-4)36-29(28)18-32)22(3)38-15-12-24(13-16-38)23-7-9-25(10-8-23)30(39)37(5)6;1-2/h7-12,14,17,19,22H,13,15-16H2,1-6H3,(H,33,35,36);1-2H3/b20-17+;. The number of anilines is 1. The summed E-state index contributed by atoms with van der Waals surface area (Å²) in [7, 11) is 5.26. The van der Waals surface area contributed by atoms with E-state index >= 15 is 0 Å². The Bertz CT molecular complexity index is 1470. The highest BCUT2D eigenvalue weighted by atomic mass is 16.2. The Hall–Kier alpha value is -4.35. The fourth-order valence-corrected chi connectivity index (χ4v) is 4.80. The minimum Gasteiger partial charge on any atom is -0.357 e. The highest BCUT2D eigenvalue weighted by Crippen LogP contribution is 2.31. The minimum absolute atomic E-state index is 0.0137. The van der Waals surface area contributed by atoms with E-state index in [1.807, 2.05) is 51.1 Å². The third-order valence-corrected chi connectivity index (χ3v) is 7.33. The Kier molecular flexibility index (Phi) is 10.9. The molecule has 1 aromatic carbocycles. The second kappa shape index (κ2) is 14.3. The molecule has 8 nitrogen and oxygen atoms in total. The fraction of sp³-hybridized carbons (Fsp3) is 0.364. The van der Waals surface area contributed by atoms with Crippen LogP contribution in [0.3, 0.4) is 0 Å². The molecule has 41 heavy (non-hydrogen) atoms. The SMILES string of the molecule is CC.CNc1ncc(-c2ccnc(C)c2/C=C(\C)C(C)N2CC=C(c3ccc(C(=O)N(C)C)cc3)CC2)c(C#N)n1. The lowest BCUT2D eigenvalue weighted by molar-refractivity contribution is 0.0827. The van der Waals surface area contributed by atoms with Crippen LogP contribution in [0.25, 0.3) is 22.8 Å². The van der Waals surface area contributed by atoms with E-state index in [-0.39, 0.29) is 11.9 Å². The molecule has 4 rings (SSSR count). The molecular formula is C33H41N7O. The summed E-state index contributed by atoms with van der Waals surface area (Å²) in [6.07, 6.45) is 8.86. The Labute approximate surface area is 244 Å². The minimum atomic E-state index is 0.0137. The van der Waals surface area contributed by atoms with E-state index in [4.69, 9.17) is 0 Å². The lowest BCUT2D eigenvalue weighted by Crippen LogP contribution is -2.37. The molecule has 0 fully saturated rings. The van der Waals surface area contributed by atoms with E-state index in [0.717, 1.165) is 36.3 Å². The zero-order valence-electron chi connectivity index (χ0n) is 25.5. The summed E-state index contributed by atoms with van der Waals surface area (Å²) in [6.45, 7) is 12.1. The van der Waals surface area contributed by atoms with Crippen LogP contribution in [0, 0.1) is 18.3 Å². The summed E-state index contributed by atoms with van der Waals surface area (Å²) >= 11 is 0. The molecule has 1 amide bonds. The highest BCUT2D eigenvalue weighted by molar-refractivity contribution is 5.94. The number of nitrogens with zero attached hydrogens (tertiary/aromatic N) is 6. The van der Waals surface area contributed by atoms with Gasteiger partial charge in [0.25, 0.3) is 5.91 Å². The van der Waals surface area contributed by atoms with Crippen LogP contribution in [0.5, 0.6) is 0 Å². The molecular weight excluding hydrogens is 510 g/mol. The van der Waals surface area contributed by atoms with Gasteiger partial charge in [-0.1, -0.05) is 43.7 Å². The third-order valence-electron chi connectivity index (χ3n) is 7.33. The molecule has 0 radical (unpaired) electrons. The number of hydrogen-bond donors (Lipinski definition) is 1. The number of aromatic nitrogens is 3. The highest BCUT2D eigenvalue weighted by Gasteiger charge is 2.21. The number of carbonyl (C=O) groups excluding carboxylic acids is 1. The van der Waals surface area contributed by atoms with Crippen molar-refractivity contribution in [2.75, 3.05) is 39.5 Å². The van der Waals surface area contributed by atoms with E-state index in [1.165, 1.54) is 16.7 Å². The summed E-state index contributed by atoms with van der Waals surface area (Å²) in [6, 6.07) is 12.2. The van der Waals surface area contributed by atoms with Crippen molar-refractivity contribution in [3.63, 3.8) is 0 Å². The van der Waals surface area contributed by atoms with E-state index in [0.29, 0.717) is 22.8 Å². The summed E-state index contributed by atoms with van der Waals surface area (Å²) < 4.78 is 0. The molecule has 0 spiro atoms. The van der Waals surface area contributed by atoms with E-state index in [1.54, 1.807) is 38.4 Å². The number of benzene rings is 1. The van der Waals surface area contributed by atoms with Crippen molar-refractivity contribution in [1.82, 2.24) is 24.8 Å². The molecule has 3 heterocycles. The monoisotopic (exact) mass is 551 g/mol. The molecule has 1 unspecified atom stereocenters. The average Bonchev–Trinajstić information content (AvgIpc) is 3.02. The predicted octanol–water partition coefficient (Wildman–Crippen LogP) is 6.07. The van der Waals surface area contributed by atoms with Gasteiger partial charge in [-0.15, -0.1) is 0 Å². The summed E-state index contributed by atoms with van der Waals surface area (Å²) in [5.41, 5.74) is 8.16. The van der Waals surface area contributed by atoms with Gasteiger partial charge in [0.05, 0.1) is 0 Å². The third kappa shape index (κ3) is 7.24. The van der Waals surface area contributed by atoms with Crippen molar-refractivity contribution in [3.05, 3.63) is 82.5 Å². The average molecular weight is 552 g/mol. The predicted molar refractivity (Wildman–Crippen MR) is 167 cm³/mol. The number of nitrogens with one attached hydrogen (secondary N) is 1. The molecule has 0 saturated heterocycles. The number of nitriles is 1. The van der Waals surface area contributed by atoms with Gasteiger partial charge in [0.15, 0.2) is 5.69 Å². The molecule has 1 aliphatic rings. The quantitative estimate of drug-likeness (QED) is 0.381. The van der Waals surface area contributed by atoms with Crippen LogP contribution < -0.4 is 5.32 Å². The van der Waals surface area contributed by atoms with E-state index < -0.39 is 0 Å². The number of amides is 1. The number of hydrogen-bond acceptors (Lipinski definition) is 7. The summed E-state index contributed by atoms with van der Waals surface area (Å²) in [5, 5.41) is 12.6. The van der Waals surface area contributed by atoms with Crippen LogP contribution in [0.4, 0.5) is 5.95 Å². The molecule has 1 aliphatic heterocycles. The van der Waals surface area contributed by atoms with Gasteiger partial charge in [0, 0.05) is 75.1 Å². The molecule has 0 saturated carbocycles. The smallest absolute Gasteiger partial charge is 0.253 e. The Morgan fingerprint density at radius 3 is 2.44 bits per heavy atom. The maximum absolute atomic E-state index is 12.2. The maximum Gasteiger partial charge on any atom is 0.253 e. The van der Waals surface area contributed by atoms with Crippen LogP contribution in [0.2, 0.25) is 0 Å². The first kappa shape index (κ1) is 31.2. The van der Waals surface area contributed by atoms with Gasteiger partial charge < -0.3 is 10.2 Å². The number of pyridine rings is 1. The Morgan fingerprint density at radius 2 is 1.85 bits per heavy atom. The fourth-order valence-electron chi connectivity index (χ4n) is 4.80. The molecule has 0 bridgehead atoms. The Morgan fingerprint density at radius 1 is 1.15 bits per heavy atom. The summed E-state index contributed by atoms with van der Waals surface area (Å²) in [4.78, 5) is 29.5. The Balaban J connectivity index is 0.00000226. The molecule has 214 valence electrons. The largest absolute Gasteiger partial charge is 0.357 e. The zero-order valence-corrected chi connectivity index (χ0v) is 25.5. The van der Waals surface area contributed by atoms with Gasteiger partial charge in [0.2, 0.25) is 5.95 Å². The van der Waals surface area contributed by atoms with Crippen molar-refractivity contribution in [1.29, 1.82) is 5.26 Å². The van der Waals surface area contributed by atoms with Gasteiger partial charge in [-0.3, -0.25) is 14.7 Å². The van der Waals surface area contributed by atoms with Crippen LogP contribution in [-0.2, 0) is 0 Å². The first-order chi connectivity index (χ1) is 19.7. The van der Waals surface area contributed by atoms with Crippen LogP contribution >= 0.6 is 0 Å². The van der Waals surface area contributed by atoms with Crippen molar-refractivity contribution >= 4 is 23.5 Å². The van der Waals surface area contributed by atoms with Crippen molar-refractivity contribution < 1.29 is 4.79 Å². The van der Waals surface area contributed by atoms with Crippen LogP contribution in [-0.4, -0.2) is 70.9 Å². The second-order valence-electron chi connectivity index (χ2n) is 9.99. The van der Waals surface area contributed by atoms with Crippen LogP contribution in [0.15, 0.2) is 54.4 Å². The van der Waals surface area contributed by atoms with Crippen LogP contribution in [0.1, 0.15) is 67.0 Å². The molecule has 2 aromatic heterocycles. The molecule has 8 heteroatoms. The van der Waals surface area contributed by atoms with E-state index in [9.17, 15) is 10.1 Å². The molecule has 1 N–H and O–H groups in total. The van der Waals surface area contributed by atoms with Crippen molar-refractivity contribution in [3.8, 4) is 17.2 Å². The summed E-state index contributed by atoms with van der Waals surface area (Å²) in [5.74, 6) is 0.429. The zero-order chi connectivity index (χ0) is 30.1.